The van der Waals surface area contributed by atoms with Gasteiger partial charge in [-0.1, -0.05) is 29.8 Å². The molecule has 0 N–H and O–H groups in total. The quantitative estimate of drug-likeness (QED) is 0.692. The molecule has 2 aliphatic rings. The molecular formula is C22H19ClF2O3. The Morgan fingerprint density at radius 2 is 1.89 bits per heavy atom. The number of ether oxygens (including phenoxy) is 2. The number of rotatable bonds is 4. The van der Waals surface area contributed by atoms with E-state index in [1.54, 1.807) is 24.3 Å². The molecule has 28 heavy (non-hydrogen) atoms. The highest BCUT2D eigenvalue weighted by molar-refractivity contribution is 6.31. The molecule has 1 aliphatic heterocycles. The fourth-order valence-electron chi connectivity index (χ4n) is 3.82. The number of hydrogen-bond acceptors (Lipinski definition) is 3. The van der Waals surface area contributed by atoms with Crippen LogP contribution < -0.4 is 0 Å². The van der Waals surface area contributed by atoms with Crippen LogP contribution in [0, 0.1) is 17.6 Å². The molecule has 0 bridgehead atoms. The van der Waals surface area contributed by atoms with Gasteiger partial charge >= 0.3 is 0 Å². The molecule has 1 aliphatic carbocycles. The Morgan fingerprint density at radius 3 is 2.64 bits per heavy atom. The molecule has 2 aromatic carbocycles. The number of carbonyl (C=O) groups is 1. The van der Waals surface area contributed by atoms with Crippen LogP contribution in [0.2, 0.25) is 5.02 Å². The second kappa shape index (κ2) is 8.02. The molecule has 0 saturated heterocycles. The summed E-state index contributed by atoms with van der Waals surface area (Å²) in [4.78, 5) is 12.9. The van der Waals surface area contributed by atoms with Crippen LogP contribution in [-0.2, 0) is 20.9 Å². The van der Waals surface area contributed by atoms with Crippen molar-refractivity contribution in [2.45, 2.75) is 38.1 Å². The number of carbonyl (C=O) groups excluding carboxylic acids is 1. The third kappa shape index (κ3) is 3.82. The number of fused-ring (bicyclic) bond motifs is 1. The van der Waals surface area contributed by atoms with Crippen LogP contribution in [-0.4, -0.2) is 18.0 Å². The predicted molar refractivity (Wildman–Crippen MR) is 102 cm³/mol. The summed E-state index contributed by atoms with van der Waals surface area (Å²) < 4.78 is 38.7. The van der Waals surface area contributed by atoms with Crippen LogP contribution in [0.4, 0.5) is 8.78 Å². The van der Waals surface area contributed by atoms with Crippen LogP contribution in [0.5, 0.6) is 0 Å². The van der Waals surface area contributed by atoms with Crippen molar-refractivity contribution in [3.8, 4) is 0 Å². The zero-order valence-electron chi connectivity index (χ0n) is 15.0. The van der Waals surface area contributed by atoms with E-state index in [-0.39, 0.29) is 36.3 Å². The molecular weight excluding hydrogens is 386 g/mol. The zero-order chi connectivity index (χ0) is 19.7. The number of allylic oxidation sites excluding steroid dienone is 1. The van der Waals surface area contributed by atoms with Gasteiger partial charge in [-0.25, -0.2) is 8.78 Å². The van der Waals surface area contributed by atoms with Gasteiger partial charge < -0.3 is 9.47 Å². The zero-order valence-corrected chi connectivity index (χ0v) is 15.8. The summed E-state index contributed by atoms with van der Waals surface area (Å²) in [5.41, 5.74) is 1.46. The lowest BCUT2D eigenvalue weighted by Gasteiger charge is -2.37. The van der Waals surface area contributed by atoms with E-state index < -0.39 is 5.82 Å². The van der Waals surface area contributed by atoms with Gasteiger partial charge in [-0.05, 0) is 42.7 Å². The Kier molecular flexibility index (Phi) is 5.47. The van der Waals surface area contributed by atoms with Crippen LogP contribution in [0.25, 0.3) is 5.57 Å². The van der Waals surface area contributed by atoms with Crippen molar-refractivity contribution in [3.05, 3.63) is 76.5 Å². The molecule has 1 heterocycles. The van der Waals surface area contributed by atoms with Gasteiger partial charge in [0.2, 0.25) is 0 Å². The van der Waals surface area contributed by atoms with E-state index in [4.69, 9.17) is 21.1 Å². The standard InChI is InChI=1S/C22H19ClF2O3/c23-19-2-1-3-20(25)18(19)12-27-15-8-9-16-21(10-15)28-11-17(22(16)26)13-4-6-14(24)7-5-13/h1-7,11,15-16,21H,8-10,12H2. The lowest BCUT2D eigenvalue weighted by molar-refractivity contribution is -0.128. The molecule has 0 radical (unpaired) electrons. The summed E-state index contributed by atoms with van der Waals surface area (Å²) in [5, 5.41) is 0.338. The Labute approximate surface area is 166 Å². The third-order valence-corrected chi connectivity index (χ3v) is 5.74. The highest BCUT2D eigenvalue weighted by atomic mass is 35.5. The summed E-state index contributed by atoms with van der Waals surface area (Å²) in [6.07, 6.45) is 2.91. The summed E-state index contributed by atoms with van der Waals surface area (Å²) in [6, 6.07) is 10.4. The summed E-state index contributed by atoms with van der Waals surface area (Å²) in [7, 11) is 0. The van der Waals surface area contributed by atoms with Gasteiger partial charge in [0.1, 0.15) is 17.7 Å². The number of halogens is 3. The Balaban J connectivity index is 1.41. The first-order chi connectivity index (χ1) is 13.5. The van der Waals surface area contributed by atoms with Crippen LogP contribution in [0.3, 0.4) is 0 Å². The highest BCUT2D eigenvalue weighted by Gasteiger charge is 2.40. The molecule has 0 spiro atoms. The van der Waals surface area contributed by atoms with Crippen LogP contribution in [0.15, 0.2) is 48.7 Å². The van der Waals surface area contributed by atoms with Gasteiger partial charge in [-0.2, -0.15) is 0 Å². The van der Waals surface area contributed by atoms with Crippen molar-refractivity contribution in [1.82, 2.24) is 0 Å². The van der Waals surface area contributed by atoms with Crippen molar-refractivity contribution in [3.63, 3.8) is 0 Å². The van der Waals surface area contributed by atoms with E-state index in [9.17, 15) is 13.6 Å². The summed E-state index contributed by atoms with van der Waals surface area (Å²) >= 11 is 6.04. The maximum absolute atomic E-state index is 13.9. The van der Waals surface area contributed by atoms with Crippen molar-refractivity contribution < 1.29 is 23.0 Å². The normalized spacial score (nSPS) is 24.3. The van der Waals surface area contributed by atoms with E-state index in [0.717, 1.165) is 0 Å². The van der Waals surface area contributed by atoms with Crippen molar-refractivity contribution >= 4 is 23.0 Å². The number of benzene rings is 2. The van der Waals surface area contributed by atoms with Crippen molar-refractivity contribution in [1.29, 1.82) is 0 Å². The second-order valence-corrected chi connectivity index (χ2v) is 7.54. The fourth-order valence-corrected chi connectivity index (χ4v) is 4.04. The molecule has 3 atom stereocenters. The largest absolute Gasteiger partial charge is 0.496 e. The van der Waals surface area contributed by atoms with E-state index in [1.807, 2.05) is 0 Å². The summed E-state index contributed by atoms with van der Waals surface area (Å²) in [5.74, 6) is -0.975. The van der Waals surface area contributed by atoms with Crippen LogP contribution >= 0.6 is 11.6 Å². The van der Waals surface area contributed by atoms with E-state index in [0.29, 0.717) is 41.0 Å². The Hall–Kier alpha value is -2.24. The Morgan fingerprint density at radius 1 is 1.11 bits per heavy atom. The minimum Gasteiger partial charge on any atom is -0.496 e. The molecule has 3 nitrogen and oxygen atoms in total. The van der Waals surface area contributed by atoms with E-state index in [1.165, 1.54) is 24.5 Å². The maximum atomic E-state index is 13.9. The molecule has 1 fully saturated rings. The lowest BCUT2D eigenvalue weighted by atomic mass is 9.78. The average molecular weight is 405 g/mol. The van der Waals surface area contributed by atoms with Gasteiger partial charge in [0.25, 0.3) is 0 Å². The first kappa shape index (κ1) is 19.1. The number of hydrogen-bond donors (Lipinski definition) is 0. The predicted octanol–water partition coefficient (Wildman–Crippen LogP) is 5.31. The molecule has 2 aromatic rings. The fraction of sp³-hybridized carbons (Fsp3) is 0.318. The number of ketones is 1. The van der Waals surface area contributed by atoms with Crippen molar-refractivity contribution in [2.75, 3.05) is 0 Å². The molecule has 4 rings (SSSR count). The first-order valence-electron chi connectivity index (χ1n) is 9.23. The minimum atomic E-state index is -0.392. The smallest absolute Gasteiger partial charge is 0.173 e. The topological polar surface area (TPSA) is 35.5 Å². The van der Waals surface area contributed by atoms with Gasteiger partial charge in [0.15, 0.2) is 5.78 Å². The molecule has 1 saturated carbocycles. The summed E-state index contributed by atoms with van der Waals surface area (Å²) in [6.45, 7) is 0.0815. The monoisotopic (exact) mass is 404 g/mol. The SMILES string of the molecule is O=C1C(c2ccc(F)cc2)=COC2CC(OCc3c(F)cccc3Cl)CCC12. The van der Waals surface area contributed by atoms with Gasteiger partial charge in [-0.3, -0.25) is 4.79 Å². The highest BCUT2D eigenvalue weighted by Crippen LogP contribution is 2.37. The van der Waals surface area contributed by atoms with Gasteiger partial charge in [-0.15, -0.1) is 0 Å². The third-order valence-electron chi connectivity index (χ3n) is 5.39. The van der Waals surface area contributed by atoms with Crippen molar-refractivity contribution in [2.24, 2.45) is 5.92 Å². The molecule has 0 amide bonds. The average Bonchev–Trinajstić information content (AvgIpc) is 2.69. The molecule has 6 heteroatoms. The molecule has 0 aromatic heterocycles. The first-order valence-corrected chi connectivity index (χ1v) is 9.61. The van der Waals surface area contributed by atoms with E-state index >= 15 is 0 Å². The Bertz CT molecular complexity index is 890. The van der Waals surface area contributed by atoms with Gasteiger partial charge in [0, 0.05) is 17.0 Å². The lowest BCUT2D eigenvalue weighted by Crippen LogP contribution is -2.41. The number of Topliss-reactive ketones (excluding diaryl/α,β-unsaturated/α-hetero) is 1. The molecule has 3 unspecified atom stereocenters. The van der Waals surface area contributed by atoms with E-state index in [2.05, 4.69) is 0 Å². The van der Waals surface area contributed by atoms with Gasteiger partial charge in [0.05, 0.1) is 30.5 Å². The minimum absolute atomic E-state index is 0.0125. The molecule has 146 valence electrons. The second-order valence-electron chi connectivity index (χ2n) is 7.13. The van der Waals surface area contributed by atoms with Crippen LogP contribution in [0.1, 0.15) is 30.4 Å². The maximum Gasteiger partial charge on any atom is 0.173 e.